The van der Waals surface area contributed by atoms with Crippen molar-refractivity contribution in [1.82, 2.24) is 14.7 Å². The predicted octanol–water partition coefficient (Wildman–Crippen LogP) is 0.286. The quantitative estimate of drug-likeness (QED) is 0.820. The standard InChI is InChI=1S/C10H9N3O4/c1-6-2-8(14)7(10(15)16)3-13(6)4-9-11-5-17-12-9/h2-3,5H,4H2,1H3,(H,15,16). The summed E-state index contributed by atoms with van der Waals surface area (Å²) in [7, 11) is 0. The van der Waals surface area contributed by atoms with E-state index in [2.05, 4.69) is 14.7 Å². The van der Waals surface area contributed by atoms with E-state index in [9.17, 15) is 9.59 Å². The summed E-state index contributed by atoms with van der Waals surface area (Å²) in [6.45, 7) is 1.95. The zero-order valence-electron chi connectivity index (χ0n) is 8.95. The van der Waals surface area contributed by atoms with Crippen LogP contribution in [0.2, 0.25) is 0 Å². The number of aryl methyl sites for hydroxylation is 1. The summed E-state index contributed by atoms with van der Waals surface area (Å²) in [5.41, 5.74) is -0.164. The van der Waals surface area contributed by atoms with Crippen molar-refractivity contribution in [3.8, 4) is 0 Å². The highest BCUT2D eigenvalue weighted by Gasteiger charge is 2.11. The van der Waals surface area contributed by atoms with Gasteiger partial charge in [0.25, 0.3) is 0 Å². The molecule has 7 nitrogen and oxygen atoms in total. The first-order chi connectivity index (χ1) is 8.08. The summed E-state index contributed by atoms with van der Waals surface area (Å²) in [4.78, 5) is 26.0. The van der Waals surface area contributed by atoms with Crippen LogP contribution in [-0.2, 0) is 6.54 Å². The number of carbonyl (C=O) groups is 1. The largest absolute Gasteiger partial charge is 0.477 e. The average molecular weight is 235 g/mol. The predicted molar refractivity (Wildman–Crippen MR) is 55.8 cm³/mol. The first kappa shape index (κ1) is 11.1. The molecule has 0 unspecified atom stereocenters. The van der Waals surface area contributed by atoms with Crippen molar-refractivity contribution in [3.63, 3.8) is 0 Å². The zero-order chi connectivity index (χ0) is 12.4. The van der Waals surface area contributed by atoms with Crippen LogP contribution in [-0.4, -0.2) is 25.8 Å². The molecule has 0 fully saturated rings. The molecule has 0 atom stereocenters. The molecule has 2 aromatic heterocycles. The van der Waals surface area contributed by atoms with Gasteiger partial charge < -0.3 is 14.2 Å². The molecule has 2 rings (SSSR count). The monoisotopic (exact) mass is 235 g/mol. The lowest BCUT2D eigenvalue weighted by Gasteiger charge is -2.08. The maximum Gasteiger partial charge on any atom is 0.341 e. The van der Waals surface area contributed by atoms with Crippen LogP contribution >= 0.6 is 0 Å². The zero-order valence-corrected chi connectivity index (χ0v) is 8.95. The van der Waals surface area contributed by atoms with Crippen LogP contribution in [0.25, 0.3) is 0 Å². The molecule has 17 heavy (non-hydrogen) atoms. The van der Waals surface area contributed by atoms with Crippen molar-refractivity contribution in [2.75, 3.05) is 0 Å². The lowest BCUT2D eigenvalue weighted by atomic mass is 10.2. The molecule has 0 saturated carbocycles. The SMILES string of the molecule is Cc1cc(=O)c(C(=O)O)cn1Cc1ncon1. The Morgan fingerprint density at radius 2 is 2.35 bits per heavy atom. The molecule has 0 saturated heterocycles. The van der Waals surface area contributed by atoms with E-state index in [0.29, 0.717) is 11.5 Å². The molecule has 0 amide bonds. The number of carboxylic acid groups (broad SMARTS) is 1. The Hall–Kier alpha value is -2.44. The molecule has 88 valence electrons. The molecular formula is C10H9N3O4. The summed E-state index contributed by atoms with van der Waals surface area (Å²) in [5.74, 6) is -0.843. The van der Waals surface area contributed by atoms with Gasteiger partial charge in [-0.3, -0.25) is 4.79 Å². The second kappa shape index (κ2) is 4.20. The average Bonchev–Trinajstić information content (AvgIpc) is 2.74. The number of carboxylic acids is 1. The summed E-state index contributed by atoms with van der Waals surface area (Å²) >= 11 is 0. The minimum atomic E-state index is -1.25. The molecule has 0 radical (unpaired) electrons. The van der Waals surface area contributed by atoms with E-state index in [0.717, 1.165) is 0 Å². The van der Waals surface area contributed by atoms with E-state index < -0.39 is 11.4 Å². The van der Waals surface area contributed by atoms with Crippen molar-refractivity contribution in [3.05, 3.63) is 46.0 Å². The van der Waals surface area contributed by atoms with Crippen LogP contribution in [0.5, 0.6) is 0 Å². The highest BCUT2D eigenvalue weighted by atomic mass is 16.5. The number of hydrogen-bond acceptors (Lipinski definition) is 5. The van der Waals surface area contributed by atoms with Crippen LogP contribution < -0.4 is 5.43 Å². The Morgan fingerprint density at radius 3 is 2.94 bits per heavy atom. The third kappa shape index (κ3) is 2.22. The number of pyridine rings is 1. The van der Waals surface area contributed by atoms with Gasteiger partial charge in [0.1, 0.15) is 5.56 Å². The Bertz CT molecular complexity index is 601. The fourth-order valence-electron chi connectivity index (χ4n) is 1.42. The first-order valence-electron chi connectivity index (χ1n) is 4.77. The van der Waals surface area contributed by atoms with Gasteiger partial charge in [0.05, 0.1) is 6.54 Å². The maximum atomic E-state index is 11.4. The van der Waals surface area contributed by atoms with Gasteiger partial charge in [0.15, 0.2) is 11.3 Å². The minimum absolute atomic E-state index is 0.253. The number of hydrogen-bond donors (Lipinski definition) is 1. The molecule has 0 bridgehead atoms. The van der Waals surface area contributed by atoms with Crippen LogP contribution in [0.4, 0.5) is 0 Å². The van der Waals surface area contributed by atoms with Crippen LogP contribution in [0.3, 0.4) is 0 Å². The van der Waals surface area contributed by atoms with Gasteiger partial charge in [-0.25, -0.2) is 4.79 Å². The van der Waals surface area contributed by atoms with Crippen LogP contribution in [0.15, 0.2) is 28.0 Å². The lowest BCUT2D eigenvalue weighted by molar-refractivity contribution is 0.0694. The molecule has 2 aromatic rings. The van der Waals surface area contributed by atoms with Gasteiger partial charge in [0.2, 0.25) is 6.39 Å². The molecule has 0 aliphatic carbocycles. The minimum Gasteiger partial charge on any atom is -0.477 e. The molecule has 1 N–H and O–H groups in total. The second-order valence-corrected chi connectivity index (χ2v) is 3.47. The van der Waals surface area contributed by atoms with Crippen molar-refractivity contribution in [2.24, 2.45) is 0 Å². The highest BCUT2D eigenvalue weighted by molar-refractivity contribution is 5.87. The summed E-state index contributed by atoms with van der Waals surface area (Å²) in [6.07, 6.45) is 2.46. The van der Waals surface area contributed by atoms with Gasteiger partial charge in [0, 0.05) is 18.0 Å². The topological polar surface area (TPSA) is 98.2 Å². The summed E-state index contributed by atoms with van der Waals surface area (Å²) < 4.78 is 6.15. The molecule has 0 aromatic carbocycles. The Morgan fingerprint density at radius 1 is 1.59 bits per heavy atom. The maximum absolute atomic E-state index is 11.4. The van der Waals surface area contributed by atoms with E-state index in [-0.39, 0.29) is 12.1 Å². The van der Waals surface area contributed by atoms with Crippen molar-refractivity contribution >= 4 is 5.97 Å². The van der Waals surface area contributed by atoms with E-state index >= 15 is 0 Å². The number of aromatic carboxylic acids is 1. The van der Waals surface area contributed by atoms with Crippen molar-refractivity contribution < 1.29 is 14.4 Å². The smallest absolute Gasteiger partial charge is 0.341 e. The third-order valence-corrected chi connectivity index (χ3v) is 2.29. The van der Waals surface area contributed by atoms with E-state index in [1.54, 1.807) is 11.5 Å². The Kier molecular flexibility index (Phi) is 2.73. The van der Waals surface area contributed by atoms with Gasteiger partial charge in [-0.05, 0) is 6.92 Å². The number of aromatic nitrogens is 3. The van der Waals surface area contributed by atoms with Gasteiger partial charge in [-0.2, -0.15) is 4.98 Å². The van der Waals surface area contributed by atoms with E-state index in [1.165, 1.54) is 18.7 Å². The van der Waals surface area contributed by atoms with Gasteiger partial charge in [-0.15, -0.1) is 0 Å². The van der Waals surface area contributed by atoms with Crippen molar-refractivity contribution in [1.29, 1.82) is 0 Å². The summed E-state index contributed by atoms with van der Waals surface area (Å²) in [6, 6.07) is 1.27. The second-order valence-electron chi connectivity index (χ2n) is 3.47. The molecule has 0 aliphatic heterocycles. The Labute approximate surface area is 95.3 Å². The summed E-state index contributed by atoms with van der Waals surface area (Å²) in [5, 5.41) is 12.5. The Balaban J connectivity index is 2.44. The fraction of sp³-hybridized carbons (Fsp3) is 0.200. The normalized spacial score (nSPS) is 10.4. The van der Waals surface area contributed by atoms with E-state index in [1.807, 2.05) is 0 Å². The molecule has 2 heterocycles. The van der Waals surface area contributed by atoms with Crippen LogP contribution in [0.1, 0.15) is 21.9 Å². The number of nitrogens with zero attached hydrogens (tertiary/aromatic N) is 3. The number of rotatable bonds is 3. The van der Waals surface area contributed by atoms with Crippen molar-refractivity contribution in [2.45, 2.75) is 13.5 Å². The van der Waals surface area contributed by atoms with Crippen LogP contribution in [0, 0.1) is 6.92 Å². The highest BCUT2D eigenvalue weighted by Crippen LogP contribution is 2.02. The van der Waals surface area contributed by atoms with Gasteiger partial charge >= 0.3 is 5.97 Å². The van der Waals surface area contributed by atoms with E-state index in [4.69, 9.17) is 5.11 Å². The fourth-order valence-corrected chi connectivity index (χ4v) is 1.42. The molecule has 0 aliphatic rings. The third-order valence-electron chi connectivity index (χ3n) is 2.29. The lowest BCUT2D eigenvalue weighted by Crippen LogP contribution is -2.19. The molecular weight excluding hydrogens is 226 g/mol. The molecule has 7 heteroatoms. The van der Waals surface area contributed by atoms with Gasteiger partial charge in [-0.1, -0.05) is 5.16 Å². The first-order valence-corrected chi connectivity index (χ1v) is 4.77. The molecule has 0 spiro atoms.